The summed E-state index contributed by atoms with van der Waals surface area (Å²) in [6.07, 6.45) is 6.31. The highest BCUT2D eigenvalue weighted by molar-refractivity contribution is 5.53. The number of aromatic nitrogens is 1. The molecule has 2 heteroatoms. The van der Waals surface area contributed by atoms with Crippen LogP contribution in [0.25, 0.3) is 0 Å². The quantitative estimate of drug-likeness (QED) is 0.606. The van der Waals surface area contributed by atoms with Gasteiger partial charge in [-0.15, -0.1) is 0 Å². The summed E-state index contributed by atoms with van der Waals surface area (Å²) < 4.78 is 0. The Morgan fingerprint density at radius 1 is 1.45 bits per heavy atom. The molecule has 1 N–H and O–H groups in total. The molecule has 2 nitrogen and oxygen atoms in total. The van der Waals surface area contributed by atoms with Crippen molar-refractivity contribution < 1.29 is 0 Å². The van der Waals surface area contributed by atoms with E-state index in [2.05, 4.69) is 17.2 Å². The highest BCUT2D eigenvalue weighted by atomic mass is 14.9. The fourth-order valence-corrected chi connectivity index (χ4v) is 1.56. The standard InChI is InChI=1S/C9H12N2/c1-7-5-10-6-9-8(7)3-2-4-11-9/h5-6,11H,2-4H2,1H3. The second-order valence-corrected chi connectivity index (χ2v) is 3.01. The molecule has 58 valence electrons. The van der Waals surface area contributed by atoms with Crippen LogP contribution in [-0.2, 0) is 6.42 Å². The Morgan fingerprint density at radius 3 is 3.18 bits per heavy atom. The second kappa shape index (κ2) is 2.53. The van der Waals surface area contributed by atoms with Gasteiger partial charge in [0.05, 0.1) is 11.9 Å². The fourth-order valence-electron chi connectivity index (χ4n) is 1.56. The highest BCUT2D eigenvalue weighted by Crippen LogP contribution is 2.22. The molecule has 0 atom stereocenters. The van der Waals surface area contributed by atoms with Crippen molar-refractivity contribution in [1.29, 1.82) is 0 Å². The third-order valence-corrected chi connectivity index (χ3v) is 2.19. The van der Waals surface area contributed by atoms with Gasteiger partial charge in [-0.1, -0.05) is 0 Å². The summed E-state index contributed by atoms with van der Waals surface area (Å²) >= 11 is 0. The van der Waals surface area contributed by atoms with Gasteiger partial charge in [0.2, 0.25) is 0 Å². The van der Waals surface area contributed by atoms with E-state index in [4.69, 9.17) is 0 Å². The average Bonchev–Trinajstić information content (AvgIpc) is 2.06. The molecule has 1 aliphatic heterocycles. The maximum absolute atomic E-state index is 4.14. The topological polar surface area (TPSA) is 24.9 Å². The van der Waals surface area contributed by atoms with Crippen LogP contribution in [-0.4, -0.2) is 11.5 Å². The van der Waals surface area contributed by atoms with Gasteiger partial charge in [0.25, 0.3) is 0 Å². The van der Waals surface area contributed by atoms with Gasteiger partial charge in [-0.05, 0) is 30.9 Å². The van der Waals surface area contributed by atoms with Crippen molar-refractivity contribution in [3.63, 3.8) is 0 Å². The first kappa shape index (κ1) is 6.65. The van der Waals surface area contributed by atoms with E-state index < -0.39 is 0 Å². The van der Waals surface area contributed by atoms with Crippen LogP contribution >= 0.6 is 0 Å². The molecule has 0 unspecified atom stereocenters. The van der Waals surface area contributed by atoms with Crippen molar-refractivity contribution in [2.24, 2.45) is 0 Å². The summed E-state index contributed by atoms with van der Waals surface area (Å²) in [6.45, 7) is 3.22. The Morgan fingerprint density at radius 2 is 2.36 bits per heavy atom. The first-order valence-electron chi connectivity index (χ1n) is 4.05. The molecule has 2 rings (SSSR count). The smallest absolute Gasteiger partial charge is 0.0561 e. The van der Waals surface area contributed by atoms with Crippen molar-refractivity contribution in [2.75, 3.05) is 11.9 Å². The van der Waals surface area contributed by atoms with Crippen LogP contribution in [0.1, 0.15) is 17.5 Å². The molecule has 0 saturated heterocycles. The zero-order valence-corrected chi connectivity index (χ0v) is 6.72. The molecule has 0 amide bonds. The number of aryl methyl sites for hydroxylation is 1. The summed E-state index contributed by atoms with van der Waals surface area (Å²) in [6, 6.07) is 0. The first-order chi connectivity index (χ1) is 5.38. The molecule has 0 bridgehead atoms. The average molecular weight is 148 g/mol. The Balaban J connectivity index is 2.49. The molecule has 0 saturated carbocycles. The van der Waals surface area contributed by atoms with E-state index in [0.29, 0.717) is 0 Å². The molecule has 1 aromatic heterocycles. The molecule has 1 aromatic rings. The molecule has 2 heterocycles. The zero-order chi connectivity index (χ0) is 7.68. The number of hydrogen-bond donors (Lipinski definition) is 1. The van der Waals surface area contributed by atoms with Gasteiger partial charge in [-0.25, -0.2) is 0 Å². The monoisotopic (exact) mass is 148 g/mol. The van der Waals surface area contributed by atoms with E-state index in [9.17, 15) is 0 Å². The number of hydrogen-bond acceptors (Lipinski definition) is 2. The van der Waals surface area contributed by atoms with Crippen molar-refractivity contribution in [3.05, 3.63) is 23.5 Å². The van der Waals surface area contributed by atoms with E-state index >= 15 is 0 Å². The highest BCUT2D eigenvalue weighted by Gasteiger charge is 2.09. The van der Waals surface area contributed by atoms with Crippen molar-refractivity contribution >= 4 is 5.69 Å². The lowest BCUT2D eigenvalue weighted by Gasteiger charge is -2.18. The number of nitrogens with zero attached hydrogens (tertiary/aromatic N) is 1. The predicted octanol–water partition coefficient (Wildman–Crippen LogP) is 1.75. The van der Waals surface area contributed by atoms with Crippen LogP contribution < -0.4 is 5.32 Å². The fraction of sp³-hybridized carbons (Fsp3) is 0.444. The zero-order valence-electron chi connectivity index (χ0n) is 6.72. The number of rotatable bonds is 0. The van der Waals surface area contributed by atoms with Gasteiger partial charge >= 0.3 is 0 Å². The van der Waals surface area contributed by atoms with Crippen LogP contribution in [0, 0.1) is 6.92 Å². The van der Waals surface area contributed by atoms with Gasteiger partial charge in [0.15, 0.2) is 0 Å². The number of fused-ring (bicyclic) bond motifs is 1. The van der Waals surface area contributed by atoms with E-state index in [1.165, 1.54) is 29.7 Å². The minimum absolute atomic E-state index is 1.10. The lowest BCUT2D eigenvalue weighted by atomic mass is 10.0. The van der Waals surface area contributed by atoms with Gasteiger partial charge in [-0.2, -0.15) is 0 Å². The van der Waals surface area contributed by atoms with Gasteiger partial charge < -0.3 is 5.32 Å². The normalized spacial score (nSPS) is 15.4. The molecule has 0 fully saturated rings. The Kier molecular flexibility index (Phi) is 1.53. The Bertz CT molecular complexity index is 268. The van der Waals surface area contributed by atoms with Crippen molar-refractivity contribution in [1.82, 2.24) is 4.98 Å². The Hall–Kier alpha value is -1.05. The lowest BCUT2D eigenvalue weighted by Crippen LogP contribution is -2.12. The third-order valence-electron chi connectivity index (χ3n) is 2.19. The van der Waals surface area contributed by atoms with E-state index in [1.54, 1.807) is 0 Å². The summed E-state index contributed by atoms with van der Waals surface area (Å²) in [7, 11) is 0. The van der Waals surface area contributed by atoms with Crippen LogP contribution in [0.2, 0.25) is 0 Å². The van der Waals surface area contributed by atoms with Crippen LogP contribution in [0.15, 0.2) is 12.4 Å². The molecular formula is C9H12N2. The first-order valence-corrected chi connectivity index (χ1v) is 4.05. The van der Waals surface area contributed by atoms with Gasteiger partial charge in [0.1, 0.15) is 0 Å². The minimum atomic E-state index is 1.10. The summed E-state index contributed by atoms with van der Waals surface area (Å²) in [4.78, 5) is 4.14. The maximum atomic E-state index is 4.14. The molecule has 1 aliphatic rings. The molecule has 0 aliphatic carbocycles. The number of pyridine rings is 1. The minimum Gasteiger partial charge on any atom is -0.384 e. The molecule has 0 radical (unpaired) electrons. The number of anilines is 1. The van der Waals surface area contributed by atoms with Crippen molar-refractivity contribution in [2.45, 2.75) is 19.8 Å². The largest absolute Gasteiger partial charge is 0.384 e. The Labute approximate surface area is 66.7 Å². The lowest BCUT2D eigenvalue weighted by molar-refractivity contribution is 0.819. The summed E-state index contributed by atoms with van der Waals surface area (Å²) in [5.41, 5.74) is 4.00. The van der Waals surface area contributed by atoms with Crippen LogP contribution in [0.5, 0.6) is 0 Å². The third kappa shape index (κ3) is 1.09. The summed E-state index contributed by atoms with van der Waals surface area (Å²) in [5, 5.41) is 3.34. The molecule has 0 aromatic carbocycles. The van der Waals surface area contributed by atoms with Crippen LogP contribution in [0.4, 0.5) is 5.69 Å². The van der Waals surface area contributed by atoms with Gasteiger partial charge in [-0.3, -0.25) is 4.98 Å². The van der Waals surface area contributed by atoms with Crippen molar-refractivity contribution in [3.8, 4) is 0 Å². The summed E-state index contributed by atoms with van der Waals surface area (Å²) in [5.74, 6) is 0. The van der Waals surface area contributed by atoms with E-state index in [-0.39, 0.29) is 0 Å². The molecular weight excluding hydrogens is 136 g/mol. The second-order valence-electron chi connectivity index (χ2n) is 3.01. The van der Waals surface area contributed by atoms with E-state index in [0.717, 1.165) is 6.54 Å². The maximum Gasteiger partial charge on any atom is 0.0561 e. The van der Waals surface area contributed by atoms with Gasteiger partial charge in [0, 0.05) is 12.7 Å². The number of nitrogens with one attached hydrogen (secondary N) is 1. The SMILES string of the molecule is Cc1cncc2c1CCCN2. The molecule has 11 heavy (non-hydrogen) atoms. The van der Waals surface area contributed by atoms with Crippen LogP contribution in [0.3, 0.4) is 0 Å². The van der Waals surface area contributed by atoms with E-state index in [1.807, 2.05) is 12.4 Å². The predicted molar refractivity (Wildman–Crippen MR) is 45.8 cm³/mol. The molecule has 0 spiro atoms.